The number of carbonyl (C=O) groups is 1. The third kappa shape index (κ3) is 3.08. The number of hydrogen-bond acceptors (Lipinski definition) is 3. The molecular weight excluding hydrogens is 242 g/mol. The van der Waals surface area contributed by atoms with Gasteiger partial charge < -0.3 is 15.3 Å². The molecule has 5 nitrogen and oxygen atoms in total. The van der Waals surface area contributed by atoms with Gasteiger partial charge in [0.1, 0.15) is 0 Å². The zero-order chi connectivity index (χ0) is 12.3. The first-order chi connectivity index (χ1) is 8.16. The molecule has 1 atom stereocenters. The van der Waals surface area contributed by atoms with Crippen molar-refractivity contribution in [2.24, 2.45) is 0 Å². The summed E-state index contributed by atoms with van der Waals surface area (Å²) in [6, 6.07) is 3.14. The van der Waals surface area contributed by atoms with Crippen molar-refractivity contribution in [3.05, 3.63) is 23.5 Å². The van der Waals surface area contributed by atoms with E-state index in [9.17, 15) is 9.90 Å². The molecule has 1 aliphatic heterocycles. The zero-order valence-electron chi connectivity index (χ0n) is 9.27. The molecule has 1 aromatic heterocycles. The zero-order valence-corrected chi connectivity index (χ0v) is 10.0. The van der Waals surface area contributed by atoms with Crippen LogP contribution in [0.2, 0.25) is 5.15 Å². The minimum Gasteiger partial charge on any atom is -0.391 e. The molecule has 1 unspecified atom stereocenters. The predicted molar refractivity (Wildman–Crippen MR) is 65.1 cm³/mol. The van der Waals surface area contributed by atoms with Crippen molar-refractivity contribution < 1.29 is 9.90 Å². The van der Waals surface area contributed by atoms with Crippen LogP contribution in [-0.2, 0) is 0 Å². The number of pyridine rings is 1. The lowest BCUT2D eigenvalue weighted by Crippen LogP contribution is -2.44. The number of likely N-dealkylation sites (tertiary alicyclic amines) is 1. The number of amides is 2. The fourth-order valence-corrected chi connectivity index (χ4v) is 1.98. The molecule has 1 saturated heterocycles. The van der Waals surface area contributed by atoms with Crippen LogP contribution in [0.15, 0.2) is 18.3 Å². The van der Waals surface area contributed by atoms with Crippen molar-refractivity contribution in [1.82, 2.24) is 9.88 Å². The van der Waals surface area contributed by atoms with Crippen LogP contribution in [0, 0.1) is 0 Å². The highest BCUT2D eigenvalue weighted by Crippen LogP contribution is 2.19. The molecule has 1 fully saturated rings. The van der Waals surface area contributed by atoms with Crippen molar-refractivity contribution in [2.75, 3.05) is 18.4 Å². The summed E-state index contributed by atoms with van der Waals surface area (Å²) in [5.74, 6) is 0. The Morgan fingerprint density at radius 3 is 3.18 bits per heavy atom. The normalized spacial score (nSPS) is 20.1. The molecule has 92 valence electrons. The van der Waals surface area contributed by atoms with E-state index in [0.717, 1.165) is 12.8 Å². The number of β-amino-alcohol motifs (C(OH)–C–C–N with tert-alkyl or cyclic N) is 1. The van der Waals surface area contributed by atoms with Gasteiger partial charge in [-0.25, -0.2) is 9.78 Å². The van der Waals surface area contributed by atoms with Crippen LogP contribution in [0.1, 0.15) is 12.8 Å². The minimum absolute atomic E-state index is 0.251. The molecule has 0 aromatic carbocycles. The van der Waals surface area contributed by atoms with Gasteiger partial charge in [-0.1, -0.05) is 11.6 Å². The quantitative estimate of drug-likeness (QED) is 0.751. The van der Waals surface area contributed by atoms with Gasteiger partial charge in [0.2, 0.25) is 0 Å². The molecule has 0 aliphatic carbocycles. The lowest BCUT2D eigenvalue weighted by Gasteiger charge is -2.30. The highest BCUT2D eigenvalue weighted by Gasteiger charge is 2.22. The molecule has 17 heavy (non-hydrogen) atoms. The van der Waals surface area contributed by atoms with Crippen LogP contribution >= 0.6 is 11.6 Å². The summed E-state index contributed by atoms with van der Waals surface area (Å²) in [6.45, 7) is 1.02. The lowest BCUT2D eigenvalue weighted by atomic mass is 10.1. The highest BCUT2D eigenvalue weighted by atomic mass is 35.5. The van der Waals surface area contributed by atoms with E-state index in [1.165, 1.54) is 0 Å². The third-order valence-electron chi connectivity index (χ3n) is 2.68. The number of anilines is 1. The number of nitrogens with one attached hydrogen (secondary N) is 1. The summed E-state index contributed by atoms with van der Waals surface area (Å²) < 4.78 is 0. The van der Waals surface area contributed by atoms with Crippen molar-refractivity contribution in [2.45, 2.75) is 18.9 Å². The van der Waals surface area contributed by atoms with Gasteiger partial charge in [-0.2, -0.15) is 0 Å². The second-order valence-corrected chi connectivity index (χ2v) is 4.37. The number of aromatic nitrogens is 1. The maximum absolute atomic E-state index is 11.9. The minimum atomic E-state index is -0.432. The molecule has 6 heteroatoms. The fourth-order valence-electron chi connectivity index (χ4n) is 1.81. The van der Waals surface area contributed by atoms with E-state index in [0.29, 0.717) is 18.8 Å². The summed E-state index contributed by atoms with van der Waals surface area (Å²) in [4.78, 5) is 17.3. The Morgan fingerprint density at radius 2 is 2.47 bits per heavy atom. The summed E-state index contributed by atoms with van der Waals surface area (Å²) in [5.41, 5.74) is 0.485. The molecule has 2 amide bonds. The van der Waals surface area contributed by atoms with Gasteiger partial charge in [-0.05, 0) is 25.0 Å². The van der Waals surface area contributed by atoms with Gasteiger partial charge in [-0.3, -0.25) is 0 Å². The average molecular weight is 256 g/mol. The first kappa shape index (κ1) is 12.1. The van der Waals surface area contributed by atoms with E-state index >= 15 is 0 Å². The topological polar surface area (TPSA) is 65.5 Å². The Morgan fingerprint density at radius 1 is 1.65 bits per heavy atom. The Balaban J connectivity index is 1.99. The van der Waals surface area contributed by atoms with Crippen molar-refractivity contribution in [3.8, 4) is 0 Å². The number of hydrogen-bond donors (Lipinski definition) is 2. The van der Waals surface area contributed by atoms with Gasteiger partial charge in [-0.15, -0.1) is 0 Å². The monoisotopic (exact) mass is 255 g/mol. The van der Waals surface area contributed by atoms with E-state index < -0.39 is 6.10 Å². The number of rotatable bonds is 1. The standard InChI is InChI=1S/C11H14ClN3O2/c12-10-9(4-1-5-13-10)14-11(17)15-6-2-3-8(16)7-15/h1,4-5,8,16H,2-3,6-7H2,(H,14,17). The van der Waals surface area contributed by atoms with E-state index in [2.05, 4.69) is 10.3 Å². The number of nitrogens with zero attached hydrogens (tertiary/aromatic N) is 2. The number of urea groups is 1. The molecule has 0 saturated carbocycles. The molecule has 1 aliphatic rings. The molecule has 0 bridgehead atoms. The van der Waals surface area contributed by atoms with Gasteiger partial charge in [0.25, 0.3) is 0 Å². The summed E-state index contributed by atoms with van der Waals surface area (Å²) >= 11 is 5.84. The SMILES string of the molecule is O=C(Nc1cccnc1Cl)N1CCCC(O)C1. The maximum atomic E-state index is 11.9. The Labute approximate surface area is 104 Å². The molecule has 0 radical (unpaired) electrons. The van der Waals surface area contributed by atoms with Crippen molar-refractivity contribution in [3.63, 3.8) is 0 Å². The number of piperidine rings is 1. The molecule has 0 spiro atoms. The van der Waals surface area contributed by atoms with Gasteiger partial charge in [0, 0.05) is 19.3 Å². The van der Waals surface area contributed by atoms with Crippen LogP contribution in [0.25, 0.3) is 0 Å². The van der Waals surface area contributed by atoms with Gasteiger partial charge >= 0.3 is 6.03 Å². The van der Waals surface area contributed by atoms with Gasteiger partial charge in [0.05, 0.1) is 11.8 Å². The highest BCUT2D eigenvalue weighted by molar-refractivity contribution is 6.32. The fraction of sp³-hybridized carbons (Fsp3) is 0.455. The summed E-state index contributed by atoms with van der Waals surface area (Å²) in [5, 5.41) is 12.4. The number of aliphatic hydroxyl groups is 1. The van der Waals surface area contributed by atoms with Gasteiger partial charge in [0.15, 0.2) is 5.15 Å². The predicted octanol–water partition coefficient (Wildman–Crippen LogP) is 1.72. The van der Waals surface area contributed by atoms with E-state index in [-0.39, 0.29) is 11.2 Å². The van der Waals surface area contributed by atoms with Crippen LogP contribution in [-0.4, -0.2) is 40.2 Å². The Bertz CT molecular complexity index is 413. The van der Waals surface area contributed by atoms with Crippen molar-refractivity contribution >= 4 is 23.3 Å². The second kappa shape index (κ2) is 5.33. The van der Waals surface area contributed by atoms with E-state index in [1.807, 2.05) is 0 Å². The number of halogens is 1. The second-order valence-electron chi connectivity index (χ2n) is 4.01. The summed E-state index contributed by atoms with van der Waals surface area (Å²) in [6.07, 6.45) is 2.69. The number of carbonyl (C=O) groups excluding carboxylic acids is 1. The van der Waals surface area contributed by atoms with Crippen molar-refractivity contribution in [1.29, 1.82) is 0 Å². The molecule has 2 heterocycles. The maximum Gasteiger partial charge on any atom is 0.322 e. The average Bonchev–Trinajstić information content (AvgIpc) is 2.32. The van der Waals surface area contributed by atoms with E-state index in [1.54, 1.807) is 23.2 Å². The Hall–Kier alpha value is -1.33. The van der Waals surface area contributed by atoms with Crippen LogP contribution < -0.4 is 5.32 Å². The largest absolute Gasteiger partial charge is 0.391 e. The van der Waals surface area contributed by atoms with E-state index in [4.69, 9.17) is 11.6 Å². The molecule has 2 N–H and O–H groups in total. The third-order valence-corrected chi connectivity index (χ3v) is 2.99. The summed E-state index contributed by atoms with van der Waals surface area (Å²) in [7, 11) is 0. The van der Waals surface area contributed by atoms with Crippen LogP contribution in [0.5, 0.6) is 0 Å². The van der Waals surface area contributed by atoms with Crippen LogP contribution in [0.3, 0.4) is 0 Å². The lowest BCUT2D eigenvalue weighted by molar-refractivity contribution is 0.0883. The number of aliphatic hydroxyl groups excluding tert-OH is 1. The first-order valence-corrected chi connectivity index (χ1v) is 5.89. The van der Waals surface area contributed by atoms with Crippen LogP contribution in [0.4, 0.5) is 10.5 Å². The Kier molecular flexibility index (Phi) is 3.81. The molecular formula is C11H14ClN3O2. The molecule has 2 rings (SSSR count). The molecule has 1 aromatic rings. The smallest absolute Gasteiger partial charge is 0.322 e. The first-order valence-electron chi connectivity index (χ1n) is 5.51.